The van der Waals surface area contributed by atoms with Crippen LogP contribution < -0.4 is 4.74 Å². The van der Waals surface area contributed by atoms with Crippen LogP contribution in [0, 0.1) is 31.3 Å². The molecule has 0 amide bonds. The van der Waals surface area contributed by atoms with E-state index >= 15 is 0 Å². The van der Waals surface area contributed by atoms with E-state index in [1.807, 2.05) is 6.07 Å². The molecule has 34 heavy (non-hydrogen) atoms. The van der Waals surface area contributed by atoms with Crippen LogP contribution in [0.5, 0.6) is 5.75 Å². The van der Waals surface area contributed by atoms with Gasteiger partial charge in [0, 0.05) is 17.1 Å². The van der Waals surface area contributed by atoms with Crippen LogP contribution in [0.15, 0.2) is 18.2 Å². The number of carbonyl (C=O) groups excluding carboxylic acids is 1. The van der Waals surface area contributed by atoms with Crippen molar-refractivity contribution >= 4 is 13.2 Å². The van der Waals surface area contributed by atoms with E-state index in [4.69, 9.17) is 23.4 Å². The first kappa shape index (κ1) is 36.6. The van der Waals surface area contributed by atoms with Crippen molar-refractivity contribution < 1.29 is 62.6 Å². The monoisotopic (exact) mass is 528 g/mol. The SMILES string of the molecule is COC(=O)[C@@]1(C)CCC[C@]2(C)c3cc(OC)ccc3CCC12.F[B-](F)(F)F.[C-]#[O+].[C-]#[O+].[C-]#[O+].[Mn]. The first-order valence-electron chi connectivity index (χ1n) is 9.70. The summed E-state index contributed by atoms with van der Waals surface area (Å²) in [6.45, 7) is 17.9. The van der Waals surface area contributed by atoms with Gasteiger partial charge in [-0.1, -0.05) is 19.4 Å². The first-order chi connectivity index (χ1) is 15.5. The Balaban J connectivity index is -0.000000692. The second-order valence-electron chi connectivity index (χ2n) is 7.79. The van der Waals surface area contributed by atoms with Gasteiger partial charge in [-0.15, -0.1) is 0 Å². The maximum atomic E-state index is 12.5. The molecule has 1 aromatic rings. The second kappa shape index (κ2) is 16.6. The van der Waals surface area contributed by atoms with Gasteiger partial charge < -0.3 is 26.7 Å². The molecule has 0 heterocycles. The van der Waals surface area contributed by atoms with Crippen molar-refractivity contribution in [3.63, 3.8) is 0 Å². The van der Waals surface area contributed by atoms with Crippen LogP contribution in [0.2, 0.25) is 0 Å². The van der Waals surface area contributed by atoms with E-state index in [1.54, 1.807) is 7.11 Å². The molecule has 1 radical (unpaired) electrons. The molecule has 1 unspecified atom stereocenters. The predicted molar refractivity (Wildman–Crippen MR) is 108 cm³/mol. The largest absolute Gasteiger partial charge is 0 e. The third kappa shape index (κ3) is 9.34. The number of hydrogen-bond donors (Lipinski definition) is 0. The molecule has 1 fully saturated rings. The fraction of sp³-hybridized carbons (Fsp3) is 0.545. The van der Waals surface area contributed by atoms with Crippen LogP contribution in [0.4, 0.5) is 17.3 Å². The van der Waals surface area contributed by atoms with Crippen LogP contribution in [-0.4, -0.2) is 27.4 Å². The average molecular weight is 528 g/mol. The molecule has 0 aliphatic heterocycles. The zero-order valence-electron chi connectivity index (χ0n) is 19.3. The van der Waals surface area contributed by atoms with Gasteiger partial charge in [0.1, 0.15) is 5.75 Å². The summed E-state index contributed by atoms with van der Waals surface area (Å²) >= 11 is 0. The predicted octanol–water partition coefficient (Wildman–Crippen LogP) is 5.06. The maximum Gasteiger partial charge on any atom is 0 e. The number of hydrogen-bond acceptors (Lipinski definition) is 3. The maximum absolute atomic E-state index is 12.5. The van der Waals surface area contributed by atoms with Crippen molar-refractivity contribution in [2.45, 2.75) is 51.4 Å². The number of rotatable bonds is 2. The zero-order chi connectivity index (χ0) is 26.5. The third-order valence-electron chi connectivity index (χ3n) is 6.22. The smallest absolute Gasteiger partial charge is 0 e. The van der Waals surface area contributed by atoms with Gasteiger partial charge in [-0.3, -0.25) is 4.79 Å². The molecule has 0 N–H and O–H groups in total. The zero-order valence-corrected chi connectivity index (χ0v) is 20.4. The van der Waals surface area contributed by atoms with E-state index in [0.717, 1.165) is 37.9 Å². The summed E-state index contributed by atoms with van der Waals surface area (Å²) in [5, 5.41) is 0. The van der Waals surface area contributed by atoms with Gasteiger partial charge in [0.25, 0.3) is 0 Å². The van der Waals surface area contributed by atoms with Crippen LogP contribution >= 0.6 is 0 Å². The van der Waals surface area contributed by atoms with E-state index in [2.05, 4.69) is 45.9 Å². The minimum absolute atomic E-state index is 0. The van der Waals surface area contributed by atoms with Crippen molar-refractivity contribution in [2.24, 2.45) is 11.3 Å². The molecule has 2 aliphatic carbocycles. The van der Waals surface area contributed by atoms with Crippen molar-refractivity contribution in [2.75, 3.05) is 14.2 Å². The topological polar surface area (TPSA) is 95.2 Å². The number of ether oxygens (including phenoxy) is 2. The van der Waals surface area contributed by atoms with Gasteiger partial charge in [0.05, 0.1) is 19.6 Å². The number of halogens is 4. The Morgan fingerprint density at radius 2 is 1.53 bits per heavy atom. The quantitative estimate of drug-likeness (QED) is 0.177. The molecule has 6 nitrogen and oxygen atoms in total. The molecular formula is C22H26BF4MnO6-. The van der Waals surface area contributed by atoms with Gasteiger partial charge in [-0.25, -0.2) is 0 Å². The van der Waals surface area contributed by atoms with Crippen molar-refractivity contribution in [3.05, 3.63) is 49.3 Å². The van der Waals surface area contributed by atoms with Crippen LogP contribution in [0.3, 0.4) is 0 Å². The van der Waals surface area contributed by atoms with E-state index in [9.17, 15) is 22.1 Å². The minimum atomic E-state index is -6.00. The Morgan fingerprint density at radius 3 is 1.97 bits per heavy atom. The summed E-state index contributed by atoms with van der Waals surface area (Å²) < 4.78 is 72.1. The Kier molecular flexibility index (Phi) is 17.9. The summed E-state index contributed by atoms with van der Waals surface area (Å²) in [5.74, 6) is 1.20. The number of methoxy groups -OCH3 is 2. The summed E-state index contributed by atoms with van der Waals surface area (Å²) in [6, 6.07) is 6.43. The van der Waals surface area contributed by atoms with E-state index in [0.29, 0.717) is 5.92 Å². The van der Waals surface area contributed by atoms with Gasteiger partial charge in [0.2, 0.25) is 0 Å². The molecule has 1 aromatic carbocycles. The van der Waals surface area contributed by atoms with Crippen molar-refractivity contribution in [1.29, 1.82) is 0 Å². The number of esters is 1. The van der Waals surface area contributed by atoms with Crippen LogP contribution in [-0.2, 0) is 52.4 Å². The van der Waals surface area contributed by atoms with Gasteiger partial charge >= 0.3 is 47.1 Å². The van der Waals surface area contributed by atoms with Crippen LogP contribution in [0.25, 0.3) is 0 Å². The Bertz CT molecular complexity index is 810. The third-order valence-corrected chi connectivity index (χ3v) is 6.22. The van der Waals surface area contributed by atoms with Crippen molar-refractivity contribution in [1.82, 2.24) is 0 Å². The summed E-state index contributed by atoms with van der Waals surface area (Å²) in [6.07, 6.45) is 5.21. The van der Waals surface area contributed by atoms with Gasteiger partial charge in [-0.05, 0) is 67.2 Å². The normalized spacial score (nSPS) is 23.6. The fourth-order valence-electron chi connectivity index (χ4n) is 5.04. The fourth-order valence-corrected chi connectivity index (χ4v) is 5.04. The number of benzene rings is 1. The molecule has 1 saturated carbocycles. The molecule has 2 aliphatic rings. The molecule has 0 bridgehead atoms. The Labute approximate surface area is 207 Å². The summed E-state index contributed by atoms with van der Waals surface area (Å²) in [5.41, 5.74) is 2.44. The van der Waals surface area contributed by atoms with E-state index in [1.165, 1.54) is 18.2 Å². The van der Waals surface area contributed by atoms with E-state index in [-0.39, 0.29) is 33.9 Å². The Morgan fingerprint density at radius 1 is 1.03 bits per heavy atom. The Hall–Kier alpha value is -1.99. The molecule has 3 atom stereocenters. The molecular weight excluding hydrogens is 502 g/mol. The number of aryl methyl sites for hydroxylation is 1. The molecule has 0 aromatic heterocycles. The average Bonchev–Trinajstić information content (AvgIpc) is 2.81. The standard InChI is InChI=1S/C19H26O3.3CO.BF4.Mn/c1-18-10-5-11-19(2,17(20)22-4)16(18)9-7-13-6-8-14(21-3)12-15(13)18;3*1-2;2-1(3,4)5;/h6,8,12,16H,5,7,9-11H2,1-4H3;;;;;/q;;;;-1;/t16?,18-,19+;;;;;/m1...../s1. The molecule has 3 rings (SSSR count). The second-order valence-corrected chi connectivity index (χ2v) is 7.79. The molecule has 12 heteroatoms. The summed E-state index contributed by atoms with van der Waals surface area (Å²) in [4.78, 5) is 12.5. The van der Waals surface area contributed by atoms with E-state index < -0.39 is 7.25 Å². The molecule has 0 spiro atoms. The number of carbonyl (C=O) groups is 1. The first-order valence-corrected chi connectivity index (χ1v) is 9.70. The molecule has 189 valence electrons. The van der Waals surface area contributed by atoms with Crippen molar-refractivity contribution in [3.8, 4) is 5.75 Å². The van der Waals surface area contributed by atoms with Crippen LogP contribution in [0.1, 0.15) is 50.7 Å². The summed E-state index contributed by atoms with van der Waals surface area (Å²) in [7, 11) is -2.77. The molecule has 0 saturated heterocycles. The minimum Gasteiger partial charge on any atom is 0 e. The van der Waals surface area contributed by atoms with Gasteiger partial charge in [0.15, 0.2) is 0 Å². The number of fused-ring (bicyclic) bond motifs is 3. The van der Waals surface area contributed by atoms with Gasteiger partial charge in [-0.2, -0.15) is 0 Å².